The van der Waals surface area contributed by atoms with Crippen LogP contribution in [0.15, 0.2) is 0 Å². The zero-order chi connectivity index (χ0) is 9.35. The van der Waals surface area contributed by atoms with Crippen molar-refractivity contribution in [3.63, 3.8) is 0 Å². The maximum Gasteiger partial charge on any atom is 0.157 e. The Morgan fingerprint density at radius 3 is 2.58 bits per heavy atom. The van der Waals surface area contributed by atoms with Crippen LogP contribution in [-0.2, 0) is 9.47 Å². The van der Waals surface area contributed by atoms with Gasteiger partial charge in [0.15, 0.2) is 6.29 Å². The average molecular weight is 176 g/mol. The minimum Gasteiger partial charge on any atom is -0.387 e. The van der Waals surface area contributed by atoms with Crippen molar-refractivity contribution in [3.05, 3.63) is 0 Å². The lowest BCUT2D eigenvalue weighted by Crippen LogP contribution is -2.55. The van der Waals surface area contributed by atoms with Crippen molar-refractivity contribution in [2.24, 2.45) is 0 Å². The van der Waals surface area contributed by atoms with Gasteiger partial charge in [-0.25, -0.2) is 0 Å². The number of rotatable bonds is 1. The van der Waals surface area contributed by atoms with Crippen molar-refractivity contribution in [1.29, 1.82) is 0 Å². The van der Waals surface area contributed by atoms with Gasteiger partial charge in [-0.05, 0) is 13.8 Å². The zero-order valence-corrected chi connectivity index (χ0v) is 7.65. The van der Waals surface area contributed by atoms with E-state index in [0.29, 0.717) is 6.42 Å². The van der Waals surface area contributed by atoms with Crippen LogP contribution < -0.4 is 0 Å². The fraction of sp³-hybridized carbons (Fsp3) is 1.00. The summed E-state index contributed by atoms with van der Waals surface area (Å²) < 4.78 is 10.2. The SMILES string of the molecule is CO[C@]1(C)CC(O)O[C@@H](C)[C@H]1O. The summed E-state index contributed by atoms with van der Waals surface area (Å²) in [5, 5.41) is 18.9. The minimum absolute atomic E-state index is 0.301. The highest BCUT2D eigenvalue weighted by Crippen LogP contribution is 2.30. The van der Waals surface area contributed by atoms with Gasteiger partial charge in [0.1, 0.15) is 6.10 Å². The molecule has 12 heavy (non-hydrogen) atoms. The monoisotopic (exact) mass is 176 g/mol. The number of aliphatic hydroxyl groups excluding tert-OH is 2. The third-order valence-corrected chi connectivity index (χ3v) is 2.49. The molecule has 0 amide bonds. The average Bonchev–Trinajstić information content (AvgIpc) is 2.00. The Morgan fingerprint density at radius 2 is 2.08 bits per heavy atom. The molecule has 0 aromatic carbocycles. The Morgan fingerprint density at radius 1 is 1.50 bits per heavy atom. The molecule has 4 nitrogen and oxygen atoms in total. The third kappa shape index (κ3) is 1.61. The molecule has 1 aliphatic heterocycles. The largest absolute Gasteiger partial charge is 0.387 e. The molecular weight excluding hydrogens is 160 g/mol. The van der Waals surface area contributed by atoms with E-state index in [4.69, 9.17) is 9.47 Å². The Kier molecular flexibility index (Phi) is 2.73. The normalized spacial score (nSPS) is 49.2. The molecule has 2 N–H and O–H groups in total. The third-order valence-electron chi connectivity index (χ3n) is 2.49. The molecule has 1 fully saturated rings. The van der Waals surface area contributed by atoms with Gasteiger partial charge < -0.3 is 19.7 Å². The number of ether oxygens (including phenoxy) is 2. The van der Waals surface area contributed by atoms with Crippen LogP contribution in [0.2, 0.25) is 0 Å². The van der Waals surface area contributed by atoms with Crippen LogP contribution >= 0.6 is 0 Å². The van der Waals surface area contributed by atoms with E-state index in [2.05, 4.69) is 0 Å². The van der Waals surface area contributed by atoms with Gasteiger partial charge in [-0.3, -0.25) is 0 Å². The molecule has 0 aliphatic carbocycles. The van der Waals surface area contributed by atoms with E-state index in [-0.39, 0.29) is 0 Å². The molecule has 0 spiro atoms. The minimum atomic E-state index is -0.839. The van der Waals surface area contributed by atoms with Crippen LogP contribution in [0, 0.1) is 0 Å². The first-order valence-corrected chi connectivity index (χ1v) is 4.06. The first kappa shape index (κ1) is 9.92. The summed E-state index contributed by atoms with van der Waals surface area (Å²) in [6.07, 6.45) is -1.62. The van der Waals surface area contributed by atoms with Crippen LogP contribution in [0.1, 0.15) is 20.3 Å². The molecular formula is C8H16O4. The lowest BCUT2D eigenvalue weighted by atomic mass is 9.89. The van der Waals surface area contributed by atoms with Gasteiger partial charge in [0.05, 0.1) is 11.7 Å². The van der Waals surface area contributed by atoms with Gasteiger partial charge in [-0.15, -0.1) is 0 Å². The molecule has 0 aromatic rings. The fourth-order valence-corrected chi connectivity index (χ4v) is 1.54. The van der Waals surface area contributed by atoms with Crippen LogP contribution in [0.3, 0.4) is 0 Å². The Balaban J connectivity index is 2.72. The summed E-state index contributed by atoms with van der Waals surface area (Å²) in [5.74, 6) is 0. The van der Waals surface area contributed by atoms with E-state index in [1.807, 2.05) is 0 Å². The first-order valence-electron chi connectivity index (χ1n) is 4.06. The second kappa shape index (κ2) is 3.30. The van der Waals surface area contributed by atoms with Gasteiger partial charge in [0.25, 0.3) is 0 Å². The van der Waals surface area contributed by atoms with Crippen molar-refractivity contribution in [3.8, 4) is 0 Å². The van der Waals surface area contributed by atoms with Crippen molar-refractivity contribution in [2.45, 2.75) is 44.4 Å². The molecule has 1 saturated heterocycles. The molecule has 1 aliphatic rings. The summed E-state index contributed by atoms with van der Waals surface area (Å²) in [6.45, 7) is 3.48. The molecule has 4 heteroatoms. The summed E-state index contributed by atoms with van der Waals surface area (Å²) >= 11 is 0. The molecule has 0 radical (unpaired) electrons. The standard InChI is InChI=1S/C8H16O4/c1-5-7(10)8(2,11-3)4-6(9)12-5/h5-7,9-10H,4H2,1-3H3/t5-,6?,7+,8+/m0/s1. The Bertz CT molecular complexity index is 161. The number of hydrogen-bond donors (Lipinski definition) is 2. The van der Waals surface area contributed by atoms with Crippen LogP contribution in [0.25, 0.3) is 0 Å². The predicted molar refractivity (Wildman–Crippen MR) is 42.6 cm³/mol. The molecule has 0 bridgehead atoms. The van der Waals surface area contributed by atoms with Gasteiger partial charge in [-0.2, -0.15) is 0 Å². The highest BCUT2D eigenvalue weighted by Gasteiger charge is 2.44. The van der Waals surface area contributed by atoms with Crippen molar-refractivity contribution in [1.82, 2.24) is 0 Å². The van der Waals surface area contributed by atoms with E-state index in [1.54, 1.807) is 13.8 Å². The van der Waals surface area contributed by atoms with Crippen molar-refractivity contribution < 1.29 is 19.7 Å². The molecule has 1 heterocycles. The Hall–Kier alpha value is -0.160. The predicted octanol–water partition coefficient (Wildman–Crippen LogP) is -0.120. The first-order chi connectivity index (χ1) is 5.49. The highest BCUT2D eigenvalue weighted by atomic mass is 16.6. The number of methoxy groups -OCH3 is 1. The van der Waals surface area contributed by atoms with Crippen LogP contribution in [0.5, 0.6) is 0 Å². The van der Waals surface area contributed by atoms with Crippen LogP contribution in [-0.4, -0.2) is 41.4 Å². The molecule has 1 rings (SSSR count). The zero-order valence-electron chi connectivity index (χ0n) is 7.65. The van der Waals surface area contributed by atoms with Gasteiger partial charge in [0.2, 0.25) is 0 Å². The quantitative estimate of drug-likeness (QED) is 0.584. The molecule has 4 atom stereocenters. The second-order valence-corrected chi connectivity index (χ2v) is 3.46. The lowest BCUT2D eigenvalue weighted by Gasteiger charge is -2.42. The van der Waals surface area contributed by atoms with E-state index >= 15 is 0 Å². The molecule has 72 valence electrons. The number of hydrogen-bond acceptors (Lipinski definition) is 4. The summed E-state index contributed by atoms with van der Waals surface area (Å²) in [5.41, 5.74) is -0.697. The number of aliphatic hydroxyl groups is 2. The fourth-order valence-electron chi connectivity index (χ4n) is 1.54. The Labute approximate surface area is 72.1 Å². The molecule has 0 aromatic heterocycles. The van der Waals surface area contributed by atoms with E-state index in [0.717, 1.165) is 0 Å². The summed E-state index contributed by atoms with van der Waals surface area (Å²) in [6, 6.07) is 0. The van der Waals surface area contributed by atoms with Gasteiger partial charge in [0, 0.05) is 13.5 Å². The lowest BCUT2D eigenvalue weighted by molar-refractivity contribution is -0.263. The van der Waals surface area contributed by atoms with Crippen molar-refractivity contribution >= 4 is 0 Å². The van der Waals surface area contributed by atoms with E-state index in [1.165, 1.54) is 7.11 Å². The maximum absolute atomic E-state index is 9.65. The summed E-state index contributed by atoms with van der Waals surface area (Å²) in [4.78, 5) is 0. The molecule has 1 unspecified atom stereocenters. The molecule has 0 saturated carbocycles. The summed E-state index contributed by atoms with van der Waals surface area (Å²) in [7, 11) is 1.52. The topological polar surface area (TPSA) is 58.9 Å². The van der Waals surface area contributed by atoms with Gasteiger partial charge in [-0.1, -0.05) is 0 Å². The van der Waals surface area contributed by atoms with Crippen molar-refractivity contribution in [2.75, 3.05) is 7.11 Å². The maximum atomic E-state index is 9.65. The van der Waals surface area contributed by atoms with Gasteiger partial charge >= 0.3 is 0 Å². The van der Waals surface area contributed by atoms with Crippen LogP contribution in [0.4, 0.5) is 0 Å². The highest BCUT2D eigenvalue weighted by molar-refractivity contribution is 4.91. The smallest absolute Gasteiger partial charge is 0.157 e. The second-order valence-electron chi connectivity index (χ2n) is 3.46. The van der Waals surface area contributed by atoms with E-state index < -0.39 is 24.1 Å². The van der Waals surface area contributed by atoms with E-state index in [9.17, 15) is 10.2 Å².